The molecule has 2 heterocycles. The third kappa shape index (κ3) is 4.00. The third-order valence-electron chi connectivity index (χ3n) is 3.76. The molecule has 0 saturated carbocycles. The van der Waals surface area contributed by atoms with Gasteiger partial charge in [0, 0.05) is 23.9 Å². The lowest BCUT2D eigenvalue weighted by Gasteiger charge is -2.23. The van der Waals surface area contributed by atoms with Crippen molar-refractivity contribution in [1.29, 1.82) is 0 Å². The van der Waals surface area contributed by atoms with E-state index in [2.05, 4.69) is 5.16 Å². The number of likely N-dealkylation sites (tertiary alicyclic amines) is 1. The molecular formula is C14H20N2O4S. The molecule has 1 fully saturated rings. The molecule has 1 aromatic heterocycles. The molecule has 0 aromatic carbocycles. The van der Waals surface area contributed by atoms with Crippen LogP contribution in [0.25, 0.3) is 0 Å². The summed E-state index contributed by atoms with van der Waals surface area (Å²) in [6, 6.07) is -0.144. The zero-order valence-electron chi connectivity index (χ0n) is 12.3. The summed E-state index contributed by atoms with van der Waals surface area (Å²) in [6.07, 6.45) is 1.71. The predicted molar refractivity (Wildman–Crippen MR) is 79.1 cm³/mol. The molecule has 116 valence electrons. The van der Waals surface area contributed by atoms with Gasteiger partial charge >= 0.3 is 5.97 Å². The fraction of sp³-hybridized carbons (Fsp3) is 0.643. The maximum atomic E-state index is 12.2. The molecule has 0 radical (unpaired) electrons. The highest BCUT2D eigenvalue weighted by Crippen LogP contribution is 2.23. The van der Waals surface area contributed by atoms with Crippen molar-refractivity contribution < 1.29 is 19.2 Å². The van der Waals surface area contributed by atoms with Crippen LogP contribution in [0.2, 0.25) is 0 Å². The van der Waals surface area contributed by atoms with Crippen molar-refractivity contribution in [3.05, 3.63) is 17.0 Å². The van der Waals surface area contributed by atoms with Gasteiger partial charge in [-0.1, -0.05) is 5.16 Å². The number of carboxylic acids is 1. The number of aliphatic carboxylic acids is 1. The van der Waals surface area contributed by atoms with Gasteiger partial charge in [0.1, 0.15) is 5.76 Å². The van der Waals surface area contributed by atoms with Gasteiger partial charge in [-0.3, -0.25) is 9.59 Å². The number of rotatable bonds is 6. The molecule has 7 heteroatoms. The topological polar surface area (TPSA) is 83.6 Å². The second-order valence-corrected chi connectivity index (χ2v) is 6.26. The zero-order valence-corrected chi connectivity index (χ0v) is 13.1. The predicted octanol–water partition coefficient (Wildman–Crippen LogP) is 1.99. The van der Waals surface area contributed by atoms with E-state index in [-0.39, 0.29) is 18.4 Å². The van der Waals surface area contributed by atoms with Gasteiger partial charge in [-0.15, -0.1) is 11.8 Å². The highest BCUT2D eigenvalue weighted by Gasteiger charge is 2.30. The first-order chi connectivity index (χ1) is 9.99. The SMILES string of the molecule is Cc1noc(C)c1CSCC(=O)N1CCCC1CC(=O)O. The monoisotopic (exact) mass is 312 g/mol. The van der Waals surface area contributed by atoms with Crippen molar-refractivity contribution in [2.24, 2.45) is 0 Å². The molecule has 0 bridgehead atoms. The Labute approximate surface area is 127 Å². The Morgan fingerprint density at radius 3 is 2.86 bits per heavy atom. The van der Waals surface area contributed by atoms with E-state index in [1.54, 1.807) is 4.90 Å². The molecule has 21 heavy (non-hydrogen) atoms. The van der Waals surface area contributed by atoms with E-state index in [9.17, 15) is 9.59 Å². The van der Waals surface area contributed by atoms with Crippen LogP contribution in [0.3, 0.4) is 0 Å². The number of hydrogen-bond acceptors (Lipinski definition) is 5. The van der Waals surface area contributed by atoms with Crippen LogP contribution in [0.5, 0.6) is 0 Å². The normalized spacial score (nSPS) is 18.2. The Morgan fingerprint density at radius 1 is 1.48 bits per heavy atom. The molecular weight excluding hydrogens is 292 g/mol. The number of carbonyl (C=O) groups excluding carboxylic acids is 1. The number of aryl methyl sites for hydroxylation is 2. The second-order valence-electron chi connectivity index (χ2n) is 5.28. The molecule has 1 saturated heterocycles. The molecule has 1 atom stereocenters. The first-order valence-corrected chi connectivity index (χ1v) is 8.15. The number of thioether (sulfide) groups is 1. The van der Waals surface area contributed by atoms with Crippen molar-refractivity contribution in [3.63, 3.8) is 0 Å². The highest BCUT2D eigenvalue weighted by atomic mass is 32.2. The average Bonchev–Trinajstić information content (AvgIpc) is 2.99. The summed E-state index contributed by atoms with van der Waals surface area (Å²) in [6.45, 7) is 4.42. The molecule has 6 nitrogen and oxygen atoms in total. The Balaban J connectivity index is 1.83. The summed E-state index contributed by atoms with van der Waals surface area (Å²) in [5, 5.41) is 12.8. The van der Waals surface area contributed by atoms with Crippen LogP contribution >= 0.6 is 11.8 Å². The summed E-state index contributed by atoms with van der Waals surface area (Å²) < 4.78 is 5.09. The van der Waals surface area contributed by atoms with Crippen LogP contribution in [0.15, 0.2) is 4.52 Å². The van der Waals surface area contributed by atoms with Gasteiger partial charge in [-0.05, 0) is 26.7 Å². The Kier molecular flexibility index (Phi) is 5.27. The van der Waals surface area contributed by atoms with Crippen molar-refractivity contribution in [2.45, 2.75) is 44.9 Å². The van der Waals surface area contributed by atoms with Gasteiger partial charge in [0.05, 0.1) is 17.9 Å². The first-order valence-electron chi connectivity index (χ1n) is 6.99. The molecule has 2 rings (SSSR count). The fourth-order valence-electron chi connectivity index (χ4n) is 2.61. The Bertz CT molecular complexity index is 510. The highest BCUT2D eigenvalue weighted by molar-refractivity contribution is 7.99. The van der Waals surface area contributed by atoms with Crippen LogP contribution in [0.4, 0.5) is 0 Å². The molecule has 1 N–H and O–H groups in total. The van der Waals surface area contributed by atoms with Gasteiger partial charge in [0.2, 0.25) is 5.91 Å². The molecule has 1 aromatic rings. The average molecular weight is 312 g/mol. The van der Waals surface area contributed by atoms with E-state index in [1.165, 1.54) is 11.8 Å². The largest absolute Gasteiger partial charge is 0.481 e. The molecule has 1 amide bonds. The molecule has 1 unspecified atom stereocenters. The number of hydrogen-bond donors (Lipinski definition) is 1. The van der Waals surface area contributed by atoms with Gasteiger partial charge in [0.25, 0.3) is 0 Å². The van der Waals surface area contributed by atoms with Crippen LogP contribution in [0.1, 0.15) is 36.3 Å². The van der Waals surface area contributed by atoms with E-state index < -0.39 is 5.97 Å². The van der Waals surface area contributed by atoms with E-state index in [0.717, 1.165) is 29.9 Å². The number of carbonyl (C=O) groups is 2. The standard InChI is InChI=1S/C14H20N2O4S/c1-9-12(10(2)20-15-9)7-21-8-13(17)16-5-3-4-11(16)6-14(18)19/h11H,3-8H2,1-2H3,(H,18,19). The number of aromatic nitrogens is 1. The number of carboxylic acid groups (broad SMARTS) is 1. The van der Waals surface area contributed by atoms with Gasteiger partial charge in [-0.25, -0.2) is 0 Å². The van der Waals surface area contributed by atoms with Crippen molar-refractivity contribution in [2.75, 3.05) is 12.3 Å². The van der Waals surface area contributed by atoms with Crippen molar-refractivity contribution in [3.8, 4) is 0 Å². The van der Waals surface area contributed by atoms with Crippen LogP contribution in [-0.2, 0) is 15.3 Å². The quantitative estimate of drug-likeness (QED) is 0.865. The maximum Gasteiger partial charge on any atom is 0.305 e. The van der Waals surface area contributed by atoms with E-state index in [1.807, 2.05) is 13.8 Å². The number of amides is 1. The summed E-state index contributed by atoms with van der Waals surface area (Å²) in [4.78, 5) is 24.7. The smallest absolute Gasteiger partial charge is 0.305 e. The minimum Gasteiger partial charge on any atom is -0.481 e. The minimum atomic E-state index is -0.844. The van der Waals surface area contributed by atoms with Gasteiger partial charge in [-0.2, -0.15) is 0 Å². The Morgan fingerprint density at radius 2 is 2.24 bits per heavy atom. The molecule has 1 aliphatic heterocycles. The second kappa shape index (κ2) is 6.98. The maximum absolute atomic E-state index is 12.2. The van der Waals surface area contributed by atoms with E-state index in [4.69, 9.17) is 9.63 Å². The zero-order chi connectivity index (χ0) is 15.4. The van der Waals surface area contributed by atoms with Gasteiger partial charge < -0.3 is 14.5 Å². The van der Waals surface area contributed by atoms with Gasteiger partial charge in [0.15, 0.2) is 0 Å². The fourth-order valence-corrected chi connectivity index (χ4v) is 3.67. The lowest BCUT2D eigenvalue weighted by atomic mass is 10.1. The molecule has 0 aliphatic carbocycles. The Hall–Kier alpha value is -1.50. The van der Waals surface area contributed by atoms with Crippen LogP contribution in [-0.4, -0.2) is 45.4 Å². The minimum absolute atomic E-state index is 0.0236. The lowest BCUT2D eigenvalue weighted by molar-refractivity contribution is -0.139. The van der Waals surface area contributed by atoms with E-state index in [0.29, 0.717) is 18.1 Å². The first kappa shape index (κ1) is 15.9. The summed E-state index contributed by atoms with van der Waals surface area (Å²) in [5.41, 5.74) is 1.90. The lowest BCUT2D eigenvalue weighted by Crippen LogP contribution is -2.37. The molecule has 1 aliphatic rings. The van der Waals surface area contributed by atoms with Crippen LogP contribution in [0, 0.1) is 13.8 Å². The molecule has 0 spiro atoms. The summed E-state index contributed by atoms with van der Waals surface area (Å²) in [7, 11) is 0. The summed E-state index contributed by atoms with van der Waals surface area (Å²) >= 11 is 1.52. The van der Waals surface area contributed by atoms with Crippen molar-refractivity contribution >= 4 is 23.6 Å². The van der Waals surface area contributed by atoms with Crippen LogP contribution < -0.4 is 0 Å². The van der Waals surface area contributed by atoms with Crippen molar-refractivity contribution in [1.82, 2.24) is 10.1 Å². The summed E-state index contributed by atoms with van der Waals surface area (Å²) in [5.74, 6) is 1.01. The van der Waals surface area contributed by atoms with E-state index >= 15 is 0 Å². The number of nitrogens with zero attached hydrogens (tertiary/aromatic N) is 2. The third-order valence-corrected chi connectivity index (χ3v) is 4.70.